The molecule has 2 fully saturated rings. The van der Waals surface area contributed by atoms with E-state index >= 15 is 0 Å². The summed E-state index contributed by atoms with van der Waals surface area (Å²) in [4.78, 5) is 15.6. The summed E-state index contributed by atoms with van der Waals surface area (Å²) in [6.45, 7) is 1.76. The van der Waals surface area contributed by atoms with E-state index in [2.05, 4.69) is 4.90 Å². The van der Waals surface area contributed by atoms with Crippen LogP contribution >= 0.6 is 11.3 Å². The average molecular weight is 263 g/mol. The molecule has 1 saturated heterocycles. The van der Waals surface area contributed by atoms with Crippen LogP contribution in [-0.2, 0) is 0 Å². The standard InChI is InChI=1S/C15H21NOS/c17-14(15-8-4-10-18-15)11-16-9-3-6-12-5-1-2-7-13(12)16/h4,8,10,12-13H,1-3,5-7,9,11H2. The first-order chi connectivity index (χ1) is 8.84. The second-order valence-electron chi connectivity index (χ2n) is 5.63. The molecule has 98 valence electrons. The topological polar surface area (TPSA) is 20.3 Å². The van der Waals surface area contributed by atoms with Gasteiger partial charge in [-0.15, -0.1) is 11.3 Å². The van der Waals surface area contributed by atoms with Crippen LogP contribution in [0.1, 0.15) is 48.2 Å². The number of Topliss-reactive ketones (excluding diaryl/α,β-unsaturated/α-hetero) is 1. The van der Waals surface area contributed by atoms with Crippen molar-refractivity contribution < 1.29 is 4.79 Å². The van der Waals surface area contributed by atoms with Crippen molar-refractivity contribution in [2.24, 2.45) is 5.92 Å². The molecule has 1 aliphatic heterocycles. The largest absolute Gasteiger partial charge is 0.293 e. The molecule has 1 aromatic rings. The van der Waals surface area contributed by atoms with Crippen LogP contribution in [0.15, 0.2) is 17.5 Å². The number of thiophene rings is 1. The minimum Gasteiger partial charge on any atom is -0.293 e. The molecule has 2 heterocycles. The van der Waals surface area contributed by atoms with Crippen molar-refractivity contribution in [1.82, 2.24) is 4.90 Å². The minimum absolute atomic E-state index is 0.316. The third kappa shape index (κ3) is 2.52. The molecule has 2 atom stereocenters. The highest BCUT2D eigenvalue weighted by Gasteiger charge is 2.33. The van der Waals surface area contributed by atoms with Gasteiger partial charge in [0.15, 0.2) is 5.78 Å². The molecule has 2 unspecified atom stereocenters. The Bertz CT molecular complexity index is 399. The van der Waals surface area contributed by atoms with E-state index in [1.807, 2.05) is 17.5 Å². The number of rotatable bonds is 3. The van der Waals surface area contributed by atoms with Gasteiger partial charge in [0.05, 0.1) is 11.4 Å². The van der Waals surface area contributed by atoms with Gasteiger partial charge >= 0.3 is 0 Å². The first-order valence-electron chi connectivity index (χ1n) is 7.15. The van der Waals surface area contributed by atoms with Crippen LogP contribution in [0.2, 0.25) is 0 Å². The molecule has 0 spiro atoms. The Morgan fingerprint density at radius 1 is 1.28 bits per heavy atom. The van der Waals surface area contributed by atoms with Gasteiger partial charge in [0, 0.05) is 6.04 Å². The van der Waals surface area contributed by atoms with Crippen molar-refractivity contribution in [1.29, 1.82) is 0 Å². The van der Waals surface area contributed by atoms with Gasteiger partial charge in [-0.25, -0.2) is 0 Å². The molecule has 0 N–H and O–H groups in total. The van der Waals surface area contributed by atoms with Gasteiger partial charge in [0.1, 0.15) is 0 Å². The minimum atomic E-state index is 0.316. The highest BCUT2D eigenvalue weighted by molar-refractivity contribution is 7.12. The Balaban J connectivity index is 1.66. The maximum Gasteiger partial charge on any atom is 0.186 e. The van der Waals surface area contributed by atoms with Gasteiger partial charge in [-0.2, -0.15) is 0 Å². The van der Waals surface area contributed by atoms with Crippen molar-refractivity contribution in [3.05, 3.63) is 22.4 Å². The van der Waals surface area contributed by atoms with Gasteiger partial charge in [0.2, 0.25) is 0 Å². The second kappa shape index (κ2) is 5.54. The maximum atomic E-state index is 12.2. The highest BCUT2D eigenvalue weighted by atomic mass is 32.1. The zero-order valence-electron chi connectivity index (χ0n) is 10.8. The molecule has 3 heteroatoms. The number of fused-ring (bicyclic) bond motifs is 1. The molecule has 1 aliphatic carbocycles. The van der Waals surface area contributed by atoms with Gasteiger partial charge in [0.25, 0.3) is 0 Å². The van der Waals surface area contributed by atoms with E-state index in [-0.39, 0.29) is 0 Å². The van der Waals surface area contributed by atoms with Crippen LogP contribution in [0.5, 0.6) is 0 Å². The van der Waals surface area contributed by atoms with Crippen LogP contribution in [0.25, 0.3) is 0 Å². The summed E-state index contributed by atoms with van der Waals surface area (Å²) in [5, 5.41) is 1.99. The van der Waals surface area contributed by atoms with Crippen molar-refractivity contribution in [2.75, 3.05) is 13.1 Å². The van der Waals surface area contributed by atoms with E-state index in [9.17, 15) is 4.79 Å². The maximum absolute atomic E-state index is 12.2. The zero-order valence-corrected chi connectivity index (χ0v) is 11.6. The van der Waals surface area contributed by atoms with E-state index in [0.29, 0.717) is 18.4 Å². The summed E-state index contributed by atoms with van der Waals surface area (Å²) in [7, 11) is 0. The van der Waals surface area contributed by atoms with Crippen LogP contribution in [-0.4, -0.2) is 29.8 Å². The van der Waals surface area contributed by atoms with E-state index in [4.69, 9.17) is 0 Å². The lowest BCUT2D eigenvalue weighted by atomic mass is 9.78. The lowest BCUT2D eigenvalue weighted by molar-refractivity contribution is 0.0541. The summed E-state index contributed by atoms with van der Waals surface area (Å²) < 4.78 is 0. The third-order valence-electron chi connectivity index (χ3n) is 4.50. The zero-order chi connectivity index (χ0) is 12.4. The van der Waals surface area contributed by atoms with Crippen molar-refractivity contribution in [2.45, 2.75) is 44.6 Å². The average Bonchev–Trinajstić information content (AvgIpc) is 2.93. The monoisotopic (exact) mass is 263 g/mol. The lowest BCUT2D eigenvalue weighted by Crippen LogP contribution is -2.48. The smallest absolute Gasteiger partial charge is 0.186 e. The molecule has 2 aliphatic rings. The fourth-order valence-corrected chi connectivity index (χ4v) is 4.28. The molecule has 2 nitrogen and oxygen atoms in total. The number of likely N-dealkylation sites (tertiary alicyclic amines) is 1. The van der Waals surface area contributed by atoms with Gasteiger partial charge < -0.3 is 0 Å². The number of nitrogens with zero attached hydrogens (tertiary/aromatic N) is 1. The first-order valence-corrected chi connectivity index (χ1v) is 8.03. The molecule has 0 amide bonds. The fourth-order valence-electron chi connectivity index (χ4n) is 3.62. The molecule has 0 aromatic carbocycles. The van der Waals surface area contributed by atoms with E-state index in [0.717, 1.165) is 17.3 Å². The number of hydrogen-bond acceptors (Lipinski definition) is 3. The molecule has 18 heavy (non-hydrogen) atoms. The van der Waals surface area contributed by atoms with Crippen LogP contribution in [0.3, 0.4) is 0 Å². The van der Waals surface area contributed by atoms with Gasteiger partial charge in [-0.3, -0.25) is 9.69 Å². The molecule has 1 aromatic heterocycles. The molecule has 1 saturated carbocycles. The van der Waals surface area contributed by atoms with E-state index < -0.39 is 0 Å². The summed E-state index contributed by atoms with van der Waals surface area (Å²) in [5.41, 5.74) is 0. The van der Waals surface area contributed by atoms with E-state index in [1.54, 1.807) is 11.3 Å². The predicted molar refractivity (Wildman–Crippen MR) is 75.2 cm³/mol. The quantitative estimate of drug-likeness (QED) is 0.777. The molecule has 0 bridgehead atoms. The second-order valence-corrected chi connectivity index (χ2v) is 6.57. The lowest BCUT2D eigenvalue weighted by Gasteiger charge is -2.43. The summed E-state index contributed by atoms with van der Waals surface area (Å²) >= 11 is 1.57. The molecule has 0 radical (unpaired) electrons. The van der Waals surface area contributed by atoms with Crippen molar-refractivity contribution >= 4 is 17.1 Å². The Morgan fingerprint density at radius 3 is 2.94 bits per heavy atom. The van der Waals surface area contributed by atoms with Crippen LogP contribution in [0, 0.1) is 5.92 Å². The first kappa shape index (κ1) is 12.4. The van der Waals surface area contributed by atoms with Crippen molar-refractivity contribution in [3.63, 3.8) is 0 Å². The van der Waals surface area contributed by atoms with E-state index in [1.165, 1.54) is 38.5 Å². The third-order valence-corrected chi connectivity index (χ3v) is 5.41. The fraction of sp³-hybridized carbons (Fsp3) is 0.667. The highest BCUT2D eigenvalue weighted by Crippen LogP contribution is 2.35. The Labute approximate surface area is 113 Å². The van der Waals surface area contributed by atoms with Gasteiger partial charge in [-0.1, -0.05) is 18.9 Å². The summed E-state index contributed by atoms with van der Waals surface area (Å²) in [6, 6.07) is 4.61. The summed E-state index contributed by atoms with van der Waals surface area (Å²) in [6.07, 6.45) is 8.10. The summed E-state index contributed by atoms with van der Waals surface area (Å²) in [5.74, 6) is 1.18. The Morgan fingerprint density at radius 2 is 2.11 bits per heavy atom. The number of carbonyl (C=O) groups is 1. The van der Waals surface area contributed by atoms with Crippen molar-refractivity contribution in [3.8, 4) is 0 Å². The van der Waals surface area contributed by atoms with Crippen LogP contribution < -0.4 is 0 Å². The molecular formula is C15H21NOS. The number of ketones is 1. The van der Waals surface area contributed by atoms with Gasteiger partial charge in [-0.05, 0) is 49.6 Å². The SMILES string of the molecule is O=C(CN1CCCC2CCCCC21)c1cccs1. The Kier molecular flexibility index (Phi) is 3.80. The van der Waals surface area contributed by atoms with Crippen LogP contribution in [0.4, 0.5) is 0 Å². The predicted octanol–water partition coefficient (Wildman–Crippen LogP) is 3.59. The Hall–Kier alpha value is -0.670. The number of hydrogen-bond donors (Lipinski definition) is 0. The number of piperidine rings is 1. The molecule has 3 rings (SSSR count). The number of carbonyl (C=O) groups excluding carboxylic acids is 1. The molecular weight excluding hydrogens is 242 g/mol. The normalized spacial score (nSPS) is 28.9.